The van der Waals surface area contributed by atoms with E-state index < -0.39 is 11.9 Å². The van der Waals surface area contributed by atoms with Crippen molar-refractivity contribution >= 4 is 23.2 Å². The number of carbonyl (C=O) groups is 2. The van der Waals surface area contributed by atoms with Gasteiger partial charge in [0.05, 0.1) is 18.8 Å². The summed E-state index contributed by atoms with van der Waals surface area (Å²) in [7, 11) is 1.57. The Labute approximate surface area is 186 Å². The molecule has 2 aromatic carbocycles. The number of anilines is 2. The molecule has 1 aliphatic carbocycles. The molecule has 0 saturated heterocycles. The molecule has 5 rings (SSSR count). The monoisotopic (exact) mass is 437 g/mol. The van der Waals surface area contributed by atoms with Crippen LogP contribution in [0.1, 0.15) is 32.1 Å². The van der Waals surface area contributed by atoms with Crippen LogP contribution in [0.4, 0.5) is 11.4 Å². The number of ether oxygens (including phenoxy) is 3. The largest absolute Gasteiger partial charge is 0.477 e. The molecule has 2 N–H and O–H groups in total. The summed E-state index contributed by atoms with van der Waals surface area (Å²) in [6.45, 7) is 0.375. The number of hydrogen-bond donors (Lipinski definition) is 2. The average molecular weight is 437 g/mol. The van der Waals surface area contributed by atoms with Gasteiger partial charge in [-0.3, -0.25) is 9.59 Å². The second-order valence-electron chi connectivity index (χ2n) is 8.45. The molecule has 0 unspecified atom stereocenters. The molecule has 8 heteroatoms. The van der Waals surface area contributed by atoms with E-state index in [4.69, 9.17) is 14.2 Å². The Bertz CT molecular complexity index is 1030. The molecular formula is C24H27N3O5. The van der Waals surface area contributed by atoms with Crippen molar-refractivity contribution in [3.63, 3.8) is 0 Å². The van der Waals surface area contributed by atoms with Crippen LogP contribution in [0.5, 0.6) is 17.2 Å². The summed E-state index contributed by atoms with van der Waals surface area (Å²) in [5.41, 5.74) is 1.43. The van der Waals surface area contributed by atoms with E-state index >= 15 is 0 Å². The van der Waals surface area contributed by atoms with Gasteiger partial charge in [-0.25, -0.2) is 0 Å². The number of likely N-dealkylation sites (N-methyl/N-ethyl adjacent to an activating group) is 1. The first-order valence-electron chi connectivity index (χ1n) is 11.1. The van der Waals surface area contributed by atoms with Gasteiger partial charge in [-0.15, -0.1) is 0 Å². The van der Waals surface area contributed by atoms with Crippen LogP contribution in [0, 0.1) is 0 Å². The Balaban J connectivity index is 1.27. The molecule has 0 bridgehead atoms. The van der Waals surface area contributed by atoms with E-state index in [2.05, 4.69) is 10.6 Å². The maximum absolute atomic E-state index is 12.9. The van der Waals surface area contributed by atoms with Crippen LogP contribution in [0.3, 0.4) is 0 Å². The molecule has 0 aromatic heterocycles. The highest BCUT2D eigenvalue weighted by Gasteiger charge is 2.42. The van der Waals surface area contributed by atoms with E-state index in [-0.39, 0.29) is 24.9 Å². The van der Waals surface area contributed by atoms with E-state index in [1.54, 1.807) is 13.1 Å². The first kappa shape index (κ1) is 20.5. The topological polar surface area (TPSA) is 89.1 Å². The maximum Gasteiger partial charge on any atom is 0.262 e. The van der Waals surface area contributed by atoms with Crippen molar-refractivity contribution in [2.75, 3.05) is 30.4 Å². The van der Waals surface area contributed by atoms with Gasteiger partial charge < -0.3 is 29.7 Å². The Kier molecular flexibility index (Phi) is 5.28. The first-order chi connectivity index (χ1) is 15.5. The third-order valence-corrected chi connectivity index (χ3v) is 6.17. The predicted molar refractivity (Wildman–Crippen MR) is 119 cm³/mol. The minimum absolute atomic E-state index is 0.0895. The quantitative estimate of drug-likeness (QED) is 0.764. The Morgan fingerprint density at radius 1 is 1.03 bits per heavy atom. The van der Waals surface area contributed by atoms with Crippen LogP contribution in [-0.2, 0) is 9.59 Å². The number of nitrogens with one attached hydrogen (secondary N) is 2. The zero-order chi connectivity index (χ0) is 22.1. The first-order valence-corrected chi connectivity index (χ1v) is 11.1. The molecule has 2 heterocycles. The average Bonchev–Trinajstić information content (AvgIpc) is 3.15. The van der Waals surface area contributed by atoms with Crippen LogP contribution >= 0.6 is 0 Å². The summed E-state index contributed by atoms with van der Waals surface area (Å²) in [5.74, 6) is 1.01. The van der Waals surface area contributed by atoms with Crippen molar-refractivity contribution in [1.29, 1.82) is 0 Å². The summed E-state index contributed by atoms with van der Waals surface area (Å²) in [4.78, 5) is 26.9. The molecule has 2 aromatic rings. The molecule has 1 fully saturated rings. The molecule has 1 saturated carbocycles. The highest BCUT2D eigenvalue weighted by atomic mass is 16.7. The van der Waals surface area contributed by atoms with Gasteiger partial charge in [0.15, 0.2) is 17.6 Å². The van der Waals surface area contributed by atoms with Crippen LogP contribution in [-0.4, -0.2) is 43.8 Å². The lowest BCUT2D eigenvalue weighted by Crippen LogP contribution is -2.50. The van der Waals surface area contributed by atoms with Crippen molar-refractivity contribution in [3.05, 3.63) is 42.5 Å². The Morgan fingerprint density at radius 3 is 2.62 bits per heavy atom. The normalized spacial score (nSPS) is 20.3. The molecule has 2 amide bonds. The van der Waals surface area contributed by atoms with E-state index in [1.165, 1.54) is 6.42 Å². The lowest BCUT2D eigenvalue weighted by molar-refractivity contribution is -0.127. The molecule has 8 nitrogen and oxygen atoms in total. The lowest BCUT2D eigenvalue weighted by Gasteiger charge is -2.34. The summed E-state index contributed by atoms with van der Waals surface area (Å²) in [6, 6.07) is 12.9. The molecular weight excluding hydrogens is 410 g/mol. The standard InChI is InChI=1S/C24H27N3O5/c1-25-23(29)21-14-27(17-7-3-4-8-18(17)30-21)15-22(28)26-16-9-10-19-20(13-16)32-24(31-19)11-5-2-6-12-24/h3-4,7-10,13,21H,2,5-6,11-12,14-15H2,1H3,(H,25,29)(H,26,28)/t21-/m0/s1. The second kappa shape index (κ2) is 8.26. The summed E-state index contributed by atoms with van der Waals surface area (Å²) in [5, 5.41) is 5.55. The van der Waals surface area contributed by atoms with Gasteiger partial charge >= 0.3 is 0 Å². The van der Waals surface area contributed by atoms with Crippen LogP contribution in [0.15, 0.2) is 42.5 Å². The molecule has 1 spiro atoms. The number of nitrogens with zero attached hydrogens (tertiary/aromatic N) is 1. The number of benzene rings is 2. The maximum atomic E-state index is 12.9. The highest BCUT2D eigenvalue weighted by molar-refractivity contribution is 5.95. The smallest absolute Gasteiger partial charge is 0.262 e. The molecule has 2 aliphatic heterocycles. The van der Waals surface area contributed by atoms with Gasteiger partial charge in [0.2, 0.25) is 5.91 Å². The fourth-order valence-electron chi connectivity index (χ4n) is 4.59. The van der Waals surface area contributed by atoms with Gasteiger partial charge in [0, 0.05) is 31.6 Å². The van der Waals surface area contributed by atoms with Crippen molar-refractivity contribution in [1.82, 2.24) is 5.32 Å². The minimum Gasteiger partial charge on any atom is -0.477 e. The van der Waals surface area contributed by atoms with E-state index in [1.807, 2.05) is 41.3 Å². The second-order valence-corrected chi connectivity index (χ2v) is 8.45. The Hall–Kier alpha value is -3.42. The predicted octanol–water partition coefficient (Wildman–Crippen LogP) is 3.07. The zero-order valence-corrected chi connectivity index (χ0v) is 18.1. The number of rotatable bonds is 4. The number of fused-ring (bicyclic) bond motifs is 2. The van der Waals surface area contributed by atoms with Crippen molar-refractivity contribution < 1.29 is 23.8 Å². The Morgan fingerprint density at radius 2 is 1.81 bits per heavy atom. The van der Waals surface area contributed by atoms with Crippen LogP contribution in [0.25, 0.3) is 0 Å². The summed E-state index contributed by atoms with van der Waals surface area (Å²) >= 11 is 0. The van der Waals surface area contributed by atoms with Gasteiger partial charge in [0.1, 0.15) is 5.75 Å². The molecule has 1 atom stereocenters. The fourth-order valence-corrected chi connectivity index (χ4v) is 4.59. The fraction of sp³-hybridized carbons (Fsp3) is 0.417. The summed E-state index contributed by atoms with van der Waals surface area (Å²) in [6.07, 6.45) is 4.47. The number of carbonyl (C=O) groups excluding carboxylic acids is 2. The van der Waals surface area contributed by atoms with Crippen molar-refractivity contribution in [2.24, 2.45) is 0 Å². The molecule has 0 radical (unpaired) electrons. The third-order valence-electron chi connectivity index (χ3n) is 6.17. The highest BCUT2D eigenvalue weighted by Crippen LogP contribution is 2.46. The van der Waals surface area contributed by atoms with Crippen molar-refractivity contribution in [3.8, 4) is 17.2 Å². The van der Waals surface area contributed by atoms with Gasteiger partial charge in [0.25, 0.3) is 11.7 Å². The van der Waals surface area contributed by atoms with E-state index in [9.17, 15) is 9.59 Å². The minimum atomic E-state index is -0.681. The van der Waals surface area contributed by atoms with Gasteiger partial charge in [-0.1, -0.05) is 18.6 Å². The van der Waals surface area contributed by atoms with Gasteiger partial charge in [-0.05, 0) is 37.1 Å². The summed E-state index contributed by atoms with van der Waals surface area (Å²) < 4.78 is 18.1. The SMILES string of the molecule is CNC(=O)[C@@H]1CN(CC(=O)Nc2ccc3c(c2)OC2(CCCCC2)O3)c2ccccc2O1. The number of amides is 2. The van der Waals surface area contributed by atoms with Crippen LogP contribution in [0.2, 0.25) is 0 Å². The molecule has 32 heavy (non-hydrogen) atoms. The third kappa shape index (κ3) is 3.92. The lowest BCUT2D eigenvalue weighted by atomic mass is 9.94. The van der Waals surface area contributed by atoms with Crippen LogP contribution < -0.4 is 29.7 Å². The molecule has 168 valence electrons. The molecule has 3 aliphatic rings. The van der Waals surface area contributed by atoms with Gasteiger partial charge in [-0.2, -0.15) is 0 Å². The number of hydrogen-bond acceptors (Lipinski definition) is 6. The zero-order valence-electron chi connectivity index (χ0n) is 18.1. The van der Waals surface area contributed by atoms with Crippen molar-refractivity contribution in [2.45, 2.75) is 44.0 Å². The van der Waals surface area contributed by atoms with E-state index in [0.29, 0.717) is 17.2 Å². The van der Waals surface area contributed by atoms with E-state index in [0.717, 1.165) is 37.1 Å². The number of para-hydroxylation sites is 2.